The number of nitrogen functional groups attached to an aromatic ring is 2. The first-order chi connectivity index (χ1) is 11.4. The van der Waals surface area contributed by atoms with Gasteiger partial charge in [0.05, 0.1) is 5.56 Å². The van der Waals surface area contributed by atoms with E-state index in [1.807, 2.05) is 0 Å². The lowest BCUT2D eigenvalue weighted by Gasteiger charge is -2.21. The molecule has 24 heavy (non-hydrogen) atoms. The number of hydrogen-bond acceptors (Lipinski definition) is 2. The molecule has 3 aromatic rings. The molecule has 3 rings (SSSR count). The maximum atomic E-state index is 13.9. The van der Waals surface area contributed by atoms with Gasteiger partial charge >= 0.3 is 6.18 Å². The molecule has 122 valence electrons. The zero-order chi connectivity index (χ0) is 17.3. The summed E-state index contributed by atoms with van der Waals surface area (Å²) in [6, 6.07) is 18.0. The first-order valence-electron chi connectivity index (χ1n) is 7.29. The first kappa shape index (κ1) is 15.9. The summed E-state index contributed by atoms with van der Waals surface area (Å²) in [5, 5.41) is 0. The lowest BCUT2D eigenvalue weighted by atomic mass is 9.89. The molecule has 5 heteroatoms. The van der Waals surface area contributed by atoms with E-state index >= 15 is 0 Å². The van der Waals surface area contributed by atoms with Crippen molar-refractivity contribution in [3.63, 3.8) is 0 Å². The van der Waals surface area contributed by atoms with Gasteiger partial charge in [0.25, 0.3) is 0 Å². The Labute approximate surface area is 137 Å². The minimum Gasteiger partial charge on any atom is -0.398 e. The van der Waals surface area contributed by atoms with E-state index in [1.165, 1.54) is 6.07 Å². The summed E-state index contributed by atoms with van der Waals surface area (Å²) in [6.45, 7) is 0. The fourth-order valence-electron chi connectivity index (χ4n) is 2.84. The van der Waals surface area contributed by atoms with Crippen molar-refractivity contribution in [2.75, 3.05) is 11.5 Å². The van der Waals surface area contributed by atoms with E-state index < -0.39 is 11.7 Å². The van der Waals surface area contributed by atoms with Gasteiger partial charge in [0.1, 0.15) is 0 Å². The Kier molecular flexibility index (Phi) is 3.93. The van der Waals surface area contributed by atoms with Gasteiger partial charge in [-0.2, -0.15) is 13.2 Å². The van der Waals surface area contributed by atoms with Crippen molar-refractivity contribution < 1.29 is 13.2 Å². The zero-order valence-electron chi connectivity index (χ0n) is 12.6. The Morgan fingerprint density at radius 2 is 1.00 bits per heavy atom. The van der Waals surface area contributed by atoms with Crippen molar-refractivity contribution in [2.45, 2.75) is 6.18 Å². The Balaban J connectivity index is 2.43. The highest BCUT2D eigenvalue weighted by Crippen LogP contribution is 2.48. The predicted molar refractivity (Wildman–Crippen MR) is 91.1 cm³/mol. The number of anilines is 2. The number of halogens is 3. The maximum Gasteiger partial charge on any atom is 0.417 e. The van der Waals surface area contributed by atoms with E-state index in [0.29, 0.717) is 11.1 Å². The van der Waals surface area contributed by atoms with Gasteiger partial charge in [0, 0.05) is 22.5 Å². The summed E-state index contributed by atoms with van der Waals surface area (Å²) < 4.78 is 41.8. The van der Waals surface area contributed by atoms with Crippen LogP contribution in [0.5, 0.6) is 0 Å². The lowest BCUT2D eigenvalue weighted by Crippen LogP contribution is -2.13. The summed E-state index contributed by atoms with van der Waals surface area (Å²) in [4.78, 5) is 0. The molecule has 0 aliphatic rings. The van der Waals surface area contributed by atoms with Crippen molar-refractivity contribution in [3.8, 4) is 22.3 Å². The van der Waals surface area contributed by atoms with Crippen LogP contribution >= 0.6 is 0 Å². The molecule has 0 fully saturated rings. The molecule has 0 atom stereocenters. The third-order valence-electron chi connectivity index (χ3n) is 3.80. The fourth-order valence-corrected chi connectivity index (χ4v) is 2.84. The zero-order valence-corrected chi connectivity index (χ0v) is 12.6. The van der Waals surface area contributed by atoms with Gasteiger partial charge in [0.15, 0.2) is 0 Å². The molecule has 0 spiro atoms. The highest BCUT2D eigenvalue weighted by atomic mass is 19.4. The van der Waals surface area contributed by atoms with Crippen LogP contribution in [0.15, 0.2) is 66.7 Å². The van der Waals surface area contributed by atoms with Crippen LogP contribution in [0, 0.1) is 0 Å². The summed E-state index contributed by atoms with van der Waals surface area (Å²) in [5.41, 5.74) is 11.8. The lowest BCUT2D eigenvalue weighted by molar-refractivity contribution is -0.136. The van der Waals surface area contributed by atoms with E-state index in [4.69, 9.17) is 11.5 Å². The van der Waals surface area contributed by atoms with Crippen LogP contribution in [0.3, 0.4) is 0 Å². The molecule has 0 aliphatic carbocycles. The summed E-state index contributed by atoms with van der Waals surface area (Å²) in [7, 11) is 0. The van der Waals surface area contributed by atoms with E-state index in [-0.39, 0.29) is 22.5 Å². The minimum absolute atomic E-state index is 0.00528. The Morgan fingerprint density at radius 3 is 1.33 bits per heavy atom. The van der Waals surface area contributed by atoms with Gasteiger partial charge in [-0.15, -0.1) is 0 Å². The molecule has 0 aliphatic heterocycles. The number of rotatable bonds is 2. The molecular weight excluding hydrogens is 313 g/mol. The van der Waals surface area contributed by atoms with Crippen LogP contribution in [0.1, 0.15) is 5.56 Å². The van der Waals surface area contributed by atoms with E-state index in [2.05, 4.69) is 0 Å². The SMILES string of the molecule is Nc1cc(N)c(-c2ccccc2)c(C(F)(F)F)c1-c1ccccc1. The molecule has 0 radical (unpaired) electrons. The Morgan fingerprint density at radius 1 is 0.625 bits per heavy atom. The van der Waals surface area contributed by atoms with Gasteiger partial charge < -0.3 is 11.5 Å². The first-order valence-corrected chi connectivity index (χ1v) is 7.29. The summed E-state index contributed by atoms with van der Waals surface area (Å²) in [5.74, 6) is 0. The topological polar surface area (TPSA) is 52.0 Å². The van der Waals surface area contributed by atoms with Crippen molar-refractivity contribution in [1.82, 2.24) is 0 Å². The monoisotopic (exact) mass is 328 g/mol. The Hall–Kier alpha value is -2.95. The van der Waals surface area contributed by atoms with Crippen LogP contribution in [-0.4, -0.2) is 0 Å². The molecule has 3 aromatic carbocycles. The molecule has 4 N–H and O–H groups in total. The van der Waals surface area contributed by atoms with Gasteiger partial charge in [0.2, 0.25) is 0 Å². The van der Waals surface area contributed by atoms with Crippen molar-refractivity contribution in [2.24, 2.45) is 0 Å². The molecule has 2 nitrogen and oxygen atoms in total. The minimum atomic E-state index is -4.60. The summed E-state index contributed by atoms with van der Waals surface area (Å²) in [6.07, 6.45) is -4.60. The highest BCUT2D eigenvalue weighted by Gasteiger charge is 2.38. The highest BCUT2D eigenvalue weighted by molar-refractivity contribution is 5.93. The standard InChI is InChI=1S/C19H15F3N2/c20-19(21,22)18-16(12-7-3-1-4-8-12)14(23)11-15(24)17(18)13-9-5-2-6-10-13/h1-11H,23-24H2. The third-order valence-corrected chi connectivity index (χ3v) is 3.80. The van der Waals surface area contributed by atoms with Crippen LogP contribution in [0.4, 0.5) is 24.5 Å². The maximum absolute atomic E-state index is 13.9. The van der Waals surface area contributed by atoms with Crippen LogP contribution in [-0.2, 0) is 6.18 Å². The fraction of sp³-hybridized carbons (Fsp3) is 0.0526. The smallest absolute Gasteiger partial charge is 0.398 e. The molecule has 0 amide bonds. The average molecular weight is 328 g/mol. The molecule has 0 unspecified atom stereocenters. The second-order valence-corrected chi connectivity index (χ2v) is 5.41. The van der Waals surface area contributed by atoms with Crippen LogP contribution < -0.4 is 11.5 Å². The van der Waals surface area contributed by atoms with Crippen molar-refractivity contribution >= 4 is 11.4 Å². The third kappa shape index (κ3) is 2.80. The van der Waals surface area contributed by atoms with E-state index in [1.54, 1.807) is 60.7 Å². The summed E-state index contributed by atoms with van der Waals surface area (Å²) >= 11 is 0. The molecule has 0 bridgehead atoms. The molecule has 0 heterocycles. The largest absolute Gasteiger partial charge is 0.417 e. The molecule has 0 aromatic heterocycles. The second-order valence-electron chi connectivity index (χ2n) is 5.41. The molecular formula is C19H15F3N2. The number of alkyl halides is 3. The van der Waals surface area contributed by atoms with Gasteiger partial charge in [-0.25, -0.2) is 0 Å². The van der Waals surface area contributed by atoms with Crippen LogP contribution in [0.2, 0.25) is 0 Å². The van der Waals surface area contributed by atoms with Crippen molar-refractivity contribution in [3.05, 3.63) is 72.3 Å². The number of nitrogens with two attached hydrogens (primary N) is 2. The van der Waals surface area contributed by atoms with Gasteiger partial charge in [-0.1, -0.05) is 60.7 Å². The van der Waals surface area contributed by atoms with E-state index in [9.17, 15) is 13.2 Å². The molecule has 0 saturated heterocycles. The number of benzene rings is 3. The molecule has 0 saturated carbocycles. The van der Waals surface area contributed by atoms with E-state index in [0.717, 1.165) is 0 Å². The average Bonchev–Trinajstić information content (AvgIpc) is 2.55. The van der Waals surface area contributed by atoms with Crippen molar-refractivity contribution in [1.29, 1.82) is 0 Å². The Bertz CT molecular complexity index is 794. The van der Waals surface area contributed by atoms with Gasteiger partial charge in [-0.05, 0) is 17.2 Å². The van der Waals surface area contributed by atoms with Gasteiger partial charge in [-0.3, -0.25) is 0 Å². The predicted octanol–water partition coefficient (Wildman–Crippen LogP) is 5.20. The second kappa shape index (κ2) is 5.92. The number of hydrogen-bond donors (Lipinski definition) is 2. The normalized spacial score (nSPS) is 11.5. The van der Waals surface area contributed by atoms with Crippen LogP contribution in [0.25, 0.3) is 22.3 Å². The quantitative estimate of drug-likeness (QED) is 0.635.